The van der Waals surface area contributed by atoms with E-state index in [0.29, 0.717) is 5.92 Å². The summed E-state index contributed by atoms with van der Waals surface area (Å²) in [6.45, 7) is 3.20. The van der Waals surface area contributed by atoms with Crippen LogP contribution in [-0.2, 0) is 4.74 Å². The van der Waals surface area contributed by atoms with E-state index in [1.807, 2.05) is 0 Å². The van der Waals surface area contributed by atoms with E-state index in [4.69, 9.17) is 9.84 Å². The second-order valence-electron chi connectivity index (χ2n) is 2.65. The lowest BCUT2D eigenvalue weighted by atomic mass is 10.0. The van der Waals surface area contributed by atoms with Crippen molar-refractivity contribution in [2.75, 3.05) is 13.2 Å². The third-order valence-electron chi connectivity index (χ3n) is 1.94. The van der Waals surface area contributed by atoms with E-state index in [2.05, 4.69) is 6.92 Å². The molecule has 1 N–H and O–H groups in total. The van der Waals surface area contributed by atoms with Crippen LogP contribution in [0.1, 0.15) is 19.8 Å². The summed E-state index contributed by atoms with van der Waals surface area (Å²) in [4.78, 5) is 0. The highest BCUT2D eigenvalue weighted by molar-refractivity contribution is 4.71. The molecule has 1 fully saturated rings. The van der Waals surface area contributed by atoms with Gasteiger partial charge in [-0.3, -0.25) is 0 Å². The molecule has 0 aromatic carbocycles. The number of aliphatic hydroxyl groups is 1. The molecular formula is C7H14O2. The van der Waals surface area contributed by atoms with Crippen molar-refractivity contribution in [1.82, 2.24) is 0 Å². The van der Waals surface area contributed by atoms with Gasteiger partial charge in [-0.25, -0.2) is 0 Å². The monoisotopic (exact) mass is 130 g/mol. The lowest BCUT2D eigenvalue weighted by molar-refractivity contribution is 0.0572. The first-order valence-corrected chi connectivity index (χ1v) is 3.59. The lowest BCUT2D eigenvalue weighted by Gasteiger charge is -2.02. The first kappa shape index (κ1) is 7.03. The van der Waals surface area contributed by atoms with Crippen molar-refractivity contribution in [1.29, 1.82) is 0 Å². The van der Waals surface area contributed by atoms with Crippen molar-refractivity contribution < 1.29 is 9.84 Å². The van der Waals surface area contributed by atoms with E-state index < -0.39 is 0 Å². The SMILES string of the molecule is CC[C@@H]1CO[C@@H](CO)C1. The van der Waals surface area contributed by atoms with Gasteiger partial charge in [0.05, 0.1) is 12.7 Å². The van der Waals surface area contributed by atoms with Crippen molar-refractivity contribution in [3.05, 3.63) is 0 Å². The summed E-state index contributed by atoms with van der Waals surface area (Å²) in [6, 6.07) is 0. The van der Waals surface area contributed by atoms with Crippen molar-refractivity contribution >= 4 is 0 Å². The Bertz CT molecular complexity index is 73.0. The van der Waals surface area contributed by atoms with Crippen LogP contribution in [0.4, 0.5) is 0 Å². The Morgan fingerprint density at radius 2 is 2.44 bits per heavy atom. The molecule has 2 nitrogen and oxygen atoms in total. The summed E-state index contributed by atoms with van der Waals surface area (Å²) >= 11 is 0. The number of aliphatic hydroxyl groups excluding tert-OH is 1. The molecule has 0 radical (unpaired) electrons. The predicted molar refractivity (Wildman–Crippen MR) is 35.2 cm³/mol. The fourth-order valence-electron chi connectivity index (χ4n) is 1.19. The van der Waals surface area contributed by atoms with Crippen molar-refractivity contribution in [3.63, 3.8) is 0 Å². The quantitative estimate of drug-likeness (QED) is 0.599. The first-order chi connectivity index (χ1) is 4.36. The molecule has 9 heavy (non-hydrogen) atoms. The van der Waals surface area contributed by atoms with Gasteiger partial charge in [0.15, 0.2) is 0 Å². The molecule has 2 atom stereocenters. The molecule has 1 rings (SSSR count). The molecule has 1 heterocycles. The summed E-state index contributed by atoms with van der Waals surface area (Å²) < 4.78 is 5.26. The molecule has 0 spiro atoms. The summed E-state index contributed by atoms with van der Waals surface area (Å²) in [5.41, 5.74) is 0. The molecule has 1 saturated heterocycles. The van der Waals surface area contributed by atoms with Crippen molar-refractivity contribution in [2.24, 2.45) is 5.92 Å². The van der Waals surface area contributed by atoms with Gasteiger partial charge in [0.25, 0.3) is 0 Å². The Labute approximate surface area is 55.8 Å². The summed E-state index contributed by atoms with van der Waals surface area (Å²) in [5, 5.41) is 8.65. The molecular weight excluding hydrogens is 116 g/mol. The Morgan fingerprint density at radius 3 is 2.78 bits per heavy atom. The molecule has 54 valence electrons. The van der Waals surface area contributed by atoms with Crippen LogP contribution in [0.25, 0.3) is 0 Å². The minimum absolute atomic E-state index is 0.134. The fourth-order valence-corrected chi connectivity index (χ4v) is 1.19. The van der Waals surface area contributed by atoms with Gasteiger partial charge in [0.1, 0.15) is 0 Å². The topological polar surface area (TPSA) is 29.5 Å². The van der Waals surface area contributed by atoms with E-state index in [-0.39, 0.29) is 12.7 Å². The Morgan fingerprint density at radius 1 is 1.67 bits per heavy atom. The van der Waals surface area contributed by atoms with Crippen LogP contribution in [0.3, 0.4) is 0 Å². The number of ether oxygens (including phenoxy) is 1. The van der Waals surface area contributed by atoms with Crippen LogP contribution >= 0.6 is 0 Å². The highest BCUT2D eigenvalue weighted by atomic mass is 16.5. The van der Waals surface area contributed by atoms with Gasteiger partial charge in [-0.1, -0.05) is 13.3 Å². The molecule has 1 aliphatic heterocycles. The van der Waals surface area contributed by atoms with Crippen LogP contribution in [0.5, 0.6) is 0 Å². The largest absolute Gasteiger partial charge is 0.394 e. The minimum Gasteiger partial charge on any atom is -0.394 e. The van der Waals surface area contributed by atoms with Crippen LogP contribution in [0.15, 0.2) is 0 Å². The van der Waals surface area contributed by atoms with E-state index >= 15 is 0 Å². The smallest absolute Gasteiger partial charge is 0.0809 e. The Kier molecular flexibility index (Phi) is 2.49. The van der Waals surface area contributed by atoms with E-state index in [0.717, 1.165) is 13.0 Å². The summed E-state index contributed by atoms with van der Waals surface area (Å²) in [5.74, 6) is 0.696. The van der Waals surface area contributed by atoms with E-state index in [9.17, 15) is 0 Å². The van der Waals surface area contributed by atoms with Gasteiger partial charge in [-0.2, -0.15) is 0 Å². The van der Waals surface area contributed by atoms with E-state index in [1.165, 1.54) is 6.42 Å². The zero-order valence-electron chi connectivity index (χ0n) is 5.84. The average molecular weight is 130 g/mol. The molecule has 0 unspecified atom stereocenters. The molecule has 0 aromatic heterocycles. The molecule has 2 heteroatoms. The zero-order chi connectivity index (χ0) is 6.69. The van der Waals surface area contributed by atoms with Gasteiger partial charge in [-0.05, 0) is 12.3 Å². The Balaban J connectivity index is 2.20. The number of rotatable bonds is 2. The minimum atomic E-state index is 0.134. The molecule has 0 amide bonds. The maximum atomic E-state index is 8.65. The van der Waals surface area contributed by atoms with Crippen molar-refractivity contribution in [2.45, 2.75) is 25.9 Å². The van der Waals surface area contributed by atoms with E-state index in [1.54, 1.807) is 0 Å². The van der Waals surface area contributed by atoms with Gasteiger partial charge < -0.3 is 9.84 Å². The van der Waals surface area contributed by atoms with Gasteiger partial charge in [-0.15, -0.1) is 0 Å². The van der Waals surface area contributed by atoms with Crippen LogP contribution in [0, 0.1) is 5.92 Å². The van der Waals surface area contributed by atoms with Crippen LogP contribution in [-0.4, -0.2) is 24.4 Å². The molecule has 0 saturated carbocycles. The highest BCUT2D eigenvalue weighted by Gasteiger charge is 2.22. The zero-order valence-corrected chi connectivity index (χ0v) is 5.84. The van der Waals surface area contributed by atoms with Gasteiger partial charge in [0, 0.05) is 6.61 Å². The summed E-state index contributed by atoms with van der Waals surface area (Å²) in [6.07, 6.45) is 2.36. The predicted octanol–water partition coefficient (Wildman–Crippen LogP) is 0.794. The molecule has 1 aliphatic rings. The third kappa shape index (κ3) is 1.66. The van der Waals surface area contributed by atoms with Crippen LogP contribution < -0.4 is 0 Å². The number of hydrogen-bond acceptors (Lipinski definition) is 2. The molecule has 0 aliphatic carbocycles. The lowest BCUT2D eigenvalue weighted by Crippen LogP contribution is -2.09. The maximum Gasteiger partial charge on any atom is 0.0809 e. The average Bonchev–Trinajstić information content (AvgIpc) is 2.34. The van der Waals surface area contributed by atoms with Crippen molar-refractivity contribution in [3.8, 4) is 0 Å². The molecule has 0 aromatic rings. The highest BCUT2D eigenvalue weighted by Crippen LogP contribution is 2.21. The van der Waals surface area contributed by atoms with Gasteiger partial charge in [0.2, 0.25) is 0 Å². The second-order valence-corrected chi connectivity index (χ2v) is 2.65. The molecule has 0 bridgehead atoms. The Hall–Kier alpha value is -0.0800. The normalized spacial score (nSPS) is 35.3. The number of hydrogen-bond donors (Lipinski definition) is 1. The second kappa shape index (κ2) is 3.18. The summed E-state index contributed by atoms with van der Waals surface area (Å²) in [7, 11) is 0. The fraction of sp³-hybridized carbons (Fsp3) is 1.00. The standard InChI is InChI=1S/C7H14O2/c1-2-6-3-7(4-8)9-5-6/h6-8H,2-5H2,1H3/t6-,7+/m0/s1. The first-order valence-electron chi connectivity index (χ1n) is 3.59. The maximum absolute atomic E-state index is 8.65. The van der Waals surface area contributed by atoms with Gasteiger partial charge >= 0.3 is 0 Å². The third-order valence-corrected chi connectivity index (χ3v) is 1.94. The van der Waals surface area contributed by atoms with Crippen LogP contribution in [0.2, 0.25) is 0 Å².